The zero-order valence-electron chi connectivity index (χ0n) is 64.8. The van der Waals surface area contributed by atoms with Crippen LogP contribution in [0.5, 0.6) is 0 Å². The van der Waals surface area contributed by atoms with Gasteiger partial charge < -0.3 is 48.3 Å². The minimum atomic E-state index is -0.397. The number of rotatable bonds is 28. The molecule has 0 heterocycles. The molecule has 13 N–H and O–H groups in total. The van der Waals surface area contributed by atoms with Crippen LogP contribution >= 0.6 is 0 Å². The fourth-order valence-corrected chi connectivity index (χ4v) is 12.8. The molecule has 0 atom stereocenters. The molecule has 0 radical (unpaired) electrons. The van der Waals surface area contributed by atoms with Crippen molar-refractivity contribution in [3.05, 3.63) is 417 Å². The minimum Gasteiger partial charge on any atom is -0.326 e. The number of hydrogen-bond acceptors (Lipinski definition) is 6. The monoisotopic (exact) mass is 1500 g/mol. The van der Waals surface area contributed by atoms with Crippen LogP contribution in [0.2, 0.25) is 0 Å². The number of halogens is 1. The van der Waals surface area contributed by atoms with Gasteiger partial charge in [0.15, 0.2) is 0 Å². The van der Waals surface area contributed by atoms with Gasteiger partial charge >= 0.3 is 12.1 Å². The van der Waals surface area contributed by atoms with Crippen LogP contribution in [0.15, 0.2) is 328 Å². The summed E-state index contributed by atoms with van der Waals surface area (Å²) in [6.45, 7) is 15.7. The number of quaternary nitrogens is 3. The minimum absolute atomic E-state index is 0.0297. The predicted octanol–water partition coefficient (Wildman–Crippen LogP) is 18.0. The number of anilines is 6. The Morgan fingerprint density at radius 1 is 0.265 bits per heavy atom. The summed E-state index contributed by atoms with van der Waals surface area (Å²) in [6, 6.07) is 107. The Kier molecular flexibility index (Phi) is 30.0. The van der Waals surface area contributed by atoms with E-state index in [1.807, 2.05) is 178 Å². The summed E-state index contributed by atoms with van der Waals surface area (Å²) in [5, 5.41) is 17.2. The third-order valence-electron chi connectivity index (χ3n) is 18.9. The molecule has 113 heavy (non-hydrogen) atoms. The maximum absolute atomic E-state index is 13.1. The van der Waals surface area contributed by atoms with Gasteiger partial charge in [-0.2, -0.15) is 0 Å². The first-order valence-corrected chi connectivity index (χ1v) is 38.1. The van der Waals surface area contributed by atoms with Gasteiger partial charge in [0.05, 0.1) is 12.8 Å². The molecule has 0 aromatic heterocycles. The van der Waals surface area contributed by atoms with Crippen molar-refractivity contribution < 1.29 is 39.9 Å². The van der Waals surface area contributed by atoms with Crippen molar-refractivity contribution in [3.8, 4) is 0 Å². The van der Waals surface area contributed by atoms with Crippen molar-refractivity contribution >= 4 is 69.4 Å². The number of nitrogens with one attached hydrogen (secondary N) is 7. The highest BCUT2D eigenvalue weighted by Crippen LogP contribution is 2.23. The van der Waals surface area contributed by atoms with Crippen LogP contribution in [-0.2, 0) is 81.3 Å². The first kappa shape index (κ1) is 81.1. The molecule has 0 unspecified atom stereocenters. The van der Waals surface area contributed by atoms with Crippen LogP contribution in [0, 0.1) is 33.5 Å². The standard InChI is InChI=1S/C38H38N4O2.C37H35FN4O2.C22H25N3/c1-28-8-18-34(19-9-28)39-37(43)24-30-12-14-32(15-13-30)26-42(25-31-6-4-3-5-7-31)27-33-16-22-36(23-17-33)41-38(44)40-35-20-10-29(2)11-21-35;1-27-7-17-33(18-8-27)39-36(43)23-28-9-11-30(12-10-28)25-42(24-29-5-3-2-4-6-29)26-31-13-19-34(20-14-31)40-37(44)41-35-21-15-32(38)16-22-35;1-17-2-4-18(5-3-17)14-25(15-19-6-10-21(23)11-7-19)16-20-8-12-22(24)13-9-20/h3-23H,24-27H2,1-2H3,(H,39,43)(H2,40,41,44);2-22H,23-26H2,1H3,(H,39,43)(H2,40,41,44);2-13H,14-16,23-24H2,1H3/p+3. The van der Waals surface area contributed by atoms with Gasteiger partial charge in [-0.05, 0) is 206 Å². The summed E-state index contributed by atoms with van der Waals surface area (Å²) >= 11 is 0. The van der Waals surface area contributed by atoms with Gasteiger partial charge in [0.2, 0.25) is 11.8 Å². The third-order valence-corrected chi connectivity index (χ3v) is 18.9. The van der Waals surface area contributed by atoms with E-state index in [0.717, 1.165) is 131 Å². The second kappa shape index (κ2) is 41.8. The zero-order valence-corrected chi connectivity index (χ0v) is 64.8. The Morgan fingerprint density at radius 3 is 0.770 bits per heavy atom. The maximum Gasteiger partial charge on any atom is 0.323 e. The van der Waals surface area contributed by atoms with Crippen LogP contribution in [-0.4, -0.2) is 33.7 Å². The van der Waals surface area contributed by atoms with Gasteiger partial charge in [-0.15, -0.1) is 0 Å². The van der Waals surface area contributed by atoms with Crippen molar-refractivity contribution in [1.29, 1.82) is 0 Å². The first-order chi connectivity index (χ1) is 54.8. The number of carbonyl (C=O) groups is 4. The SMILES string of the molecule is Cc1ccc(C[NH+](Cc2ccc([NH3+])cc2)Cc2ccc([NH3+])cc2)cc1.Cc1ccc(NC(=O)Cc2ccc(CN(Cc3ccccc3)Cc3ccc(NC(=O)Nc4ccc(C)cc4)cc3)cc2)cc1.Cc1ccc(NC(=O)Cc2ccc(CN(Cc3ccccc3)Cc3ccc(NC(=O)Nc4ccc(F)cc4)cc3)cc2)cc1. The van der Waals surface area contributed by atoms with E-state index in [2.05, 4.69) is 206 Å². The summed E-state index contributed by atoms with van der Waals surface area (Å²) in [6.07, 6.45) is 0.634. The van der Waals surface area contributed by atoms with Crippen LogP contribution < -0.4 is 48.3 Å². The third kappa shape index (κ3) is 28.5. The Hall–Kier alpha value is -12.9. The molecule has 6 amide bonds. The van der Waals surface area contributed by atoms with E-state index >= 15 is 0 Å². The highest BCUT2D eigenvalue weighted by atomic mass is 19.1. The molecule has 0 fully saturated rings. The number of benzene rings is 13. The molecule has 0 aliphatic heterocycles. The molecular formula is C97H101FN11O4+3. The molecule has 0 aliphatic carbocycles. The molecule has 0 bridgehead atoms. The Bertz CT molecular complexity index is 4520. The van der Waals surface area contributed by atoms with E-state index in [1.165, 1.54) is 68.1 Å². The molecule has 13 rings (SSSR count). The number of hydrogen-bond donors (Lipinski definition) is 9. The summed E-state index contributed by atoms with van der Waals surface area (Å²) < 4.78 is 13.1. The van der Waals surface area contributed by atoms with Gasteiger partial charge in [-0.1, -0.05) is 216 Å². The zero-order chi connectivity index (χ0) is 79.1. The van der Waals surface area contributed by atoms with Gasteiger partial charge in [0, 0.05) is 90.1 Å². The number of amides is 6. The quantitative estimate of drug-likeness (QED) is 0.0233. The summed E-state index contributed by atoms with van der Waals surface area (Å²) in [4.78, 5) is 56.2. The van der Waals surface area contributed by atoms with E-state index in [9.17, 15) is 23.6 Å². The van der Waals surface area contributed by atoms with Crippen molar-refractivity contribution in [2.24, 2.45) is 0 Å². The largest absolute Gasteiger partial charge is 0.326 e. The lowest BCUT2D eigenvalue weighted by atomic mass is 10.1. The second-order valence-electron chi connectivity index (χ2n) is 28.9. The lowest BCUT2D eigenvalue weighted by Crippen LogP contribution is -3.08. The average molecular weight is 1500 g/mol. The van der Waals surface area contributed by atoms with Gasteiger partial charge in [-0.3, -0.25) is 19.4 Å². The highest BCUT2D eigenvalue weighted by Gasteiger charge is 2.17. The summed E-state index contributed by atoms with van der Waals surface area (Å²) in [5.74, 6) is -0.431. The molecule has 0 saturated carbocycles. The van der Waals surface area contributed by atoms with Crippen molar-refractivity contribution in [2.45, 2.75) is 99.4 Å². The van der Waals surface area contributed by atoms with E-state index in [1.54, 1.807) is 0 Å². The van der Waals surface area contributed by atoms with Gasteiger partial charge in [-0.25, -0.2) is 14.0 Å². The maximum atomic E-state index is 13.1. The van der Waals surface area contributed by atoms with E-state index in [4.69, 9.17) is 0 Å². The molecule has 0 saturated heterocycles. The number of urea groups is 2. The lowest BCUT2D eigenvalue weighted by molar-refractivity contribution is -0.941. The van der Waals surface area contributed by atoms with E-state index < -0.39 is 6.03 Å². The number of aryl methyl sites for hydroxylation is 4. The molecule has 13 aromatic rings. The second-order valence-corrected chi connectivity index (χ2v) is 28.9. The van der Waals surface area contributed by atoms with Crippen LogP contribution in [0.4, 0.5) is 59.5 Å². The first-order valence-electron chi connectivity index (χ1n) is 38.1. The highest BCUT2D eigenvalue weighted by molar-refractivity contribution is 6.00. The van der Waals surface area contributed by atoms with E-state index in [-0.39, 0.29) is 23.7 Å². The van der Waals surface area contributed by atoms with E-state index in [0.29, 0.717) is 30.8 Å². The average Bonchev–Trinajstić information content (AvgIpc) is 0.866. The van der Waals surface area contributed by atoms with Gasteiger partial charge in [0.1, 0.15) is 36.8 Å². The van der Waals surface area contributed by atoms with Crippen LogP contribution in [0.3, 0.4) is 0 Å². The normalized spacial score (nSPS) is 10.8. The molecule has 13 aromatic carbocycles. The lowest BCUT2D eigenvalue weighted by Gasteiger charge is -2.23. The molecule has 16 heteroatoms. The molecular weight excluding hydrogens is 1400 g/mol. The van der Waals surface area contributed by atoms with Crippen LogP contribution in [0.25, 0.3) is 0 Å². The molecule has 0 spiro atoms. The van der Waals surface area contributed by atoms with Crippen molar-refractivity contribution in [1.82, 2.24) is 9.80 Å². The molecule has 0 aliphatic rings. The Balaban J connectivity index is 0.000000174. The van der Waals surface area contributed by atoms with Crippen LogP contribution in [0.1, 0.15) is 83.5 Å². The topological polar surface area (TPSA) is 207 Å². The number of nitrogens with zero attached hydrogens (tertiary/aromatic N) is 2. The smallest absolute Gasteiger partial charge is 0.323 e. The molecule has 15 nitrogen and oxygen atoms in total. The predicted molar refractivity (Wildman–Crippen MR) is 456 cm³/mol. The summed E-state index contributed by atoms with van der Waals surface area (Å²) in [5.41, 5.74) is 32.2. The van der Waals surface area contributed by atoms with Gasteiger partial charge in [0.25, 0.3) is 0 Å². The van der Waals surface area contributed by atoms with Crippen molar-refractivity contribution in [2.75, 3.05) is 31.9 Å². The fraction of sp³-hybridized carbons (Fsp3) is 0.155. The Morgan fingerprint density at radius 2 is 0.478 bits per heavy atom. The summed E-state index contributed by atoms with van der Waals surface area (Å²) in [7, 11) is 0. The Labute approximate surface area is 663 Å². The molecule has 572 valence electrons. The fourth-order valence-electron chi connectivity index (χ4n) is 12.8. The van der Waals surface area contributed by atoms with Crippen molar-refractivity contribution in [3.63, 3.8) is 0 Å². The number of carbonyl (C=O) groups excluding carboxylic acids is 4.